The molecule has 1 aromatic carbocycles. The number of rotatable bonds is 3. The van der Waals surface area contributed by atoms with Crippen LogP contribution in [0.3, 0.4) is 0 Å². The highest BCUT2D eigenvalue weighted by Gasteiger charge is 2.29. The second kappa shape index (κ2) is 5.91. The molecule has 1 aliphatic heterocycles. The summed E-state index contributed by atoms with van der Waals surface area (Å²) < 4.78 is 8.61. The van der Waals surface area contributed by atoms with Crippen molar-refractivity contribution in [3.05, 3.63) is 51.3 Å². The molecule has 0 radical (unpaired) electrons. The van der Waals surface area contributed by atoms with E-state index in [0.717, 1.165) is 27.8 Å². The van der Waals surface area contributed by atoms with E-state index in [1.165, 1.54) is 5.56 Å². The van der Waals surface area contributed by atoms with Gasteiger partial charge in [0.2, 0.25) is 0 Å². The van der Waals surface area contributed by atoms with Crippen LogP contribution in [0.1, 0.15) is 28.6 Å². The van der Waals surface area contributed by atoms with E-state index >= 15 is 0 Å². The molecule has 0 saturated carbocycles. The maximum atomic E-state index is 10.6. The molecular weight excluding hydrogens is 332 g/mol. The Hall–Kier alpha value is -1.17. The quantitative estimate of drug-likeness (QED) is 0.925. The lowest BCUT2D eigenvalue weighted by molar-refractivity contribution is -0.0467. The molecule has 112 valence electrons. The number of halogens is 1. The van der Waals surface area contributed by atoms with Crippen LogP contribution in [0.15, 0.2) is 28.7 Å². The lowest BCUT2D eigenvalue weighted by Crippen LogP contribution is -2.29. The van der Waals surface area contributed by atoms with Crippen molar-refractivity contribution >= 4 is 15.9 Å². The van der Waals surface area contributed by atoms with Gasteiger partial charge in [0.05, 0.1) is 28.6 Å². The maximum Gasteiger partial charge on any atom is 0.109 e. The summed E-state index contributed by atoms with van der Waals surface area (Å²) in [6, 6.07) is 8.19. The highest BCUT2D eigenvalue weighted by Crippen LogP contribution is 2.32. The molecule has 1 aliphatic rings. The second-order valence-corrected chi connectivity index (χ2v) is 6.27. The SMILES string of the molecule is Cc1nn(C)c(CC(O)C2OCCc3ccccc32)c1Br. The van der Waals surface area contributed by atoms with Crippen molar-refractivity contribution in [2.24, 2.45) is 7.05 Å². The lowest BCUT2D eigenvalue weighted by Gasteiger charge is -2.29. The molecule has 2 atom stereocenters. The van der Waals surface area contributed by atoms with Crippen LogP contribution >= 0.6 is 15.9 Å². The number of aryl methyl sites for hydroxylation is 2. The van der Waals surface area contributed by atoms with Gasteiger partial charge in [-0.2, -0.15) is 5.10 Å². The first-order valence-corrected chi connectivity index (χ1v) is 7.92. The van der Waals surface area contributed by atoms with Crippen molar-refractivity contribution in [1.29, 1.82) is 0 Å². The minimum atomic E-state index is -0.586. The Bertz CT molecular complexity index is 654. The van der Waals surface area contributed by atoms with Crippen molar-refractivity contribution < 1.29 is 9.84 Å². The number of aromatic nitrogens is 2. The molecule has 3 rings (SSSR count). The molecule has 0 fully saturated rings. The molecule has 4 nitrogen and oxygen atoms in total. The molecule has 21 heavy (non-hydrogen) atoms. The lowest BCUT2D eigenvalue weighted by atomic mass is 9.93. The summed E-state index contributed by atoms with van der Waals surface area (Å²) in [7, 11) is 1.90. The van der Waals surface area contributed by atoms with Gasteiger partial charge in [0.25, 0.3) is 0 Å². The van der Waals surface area contributed by atoms with E-state index in [1.54, 1.807) is 0 Å². The normalized spacial score (nSPS) is 19.3. The number of aliphatic hydroxyl groups excluding tert-OH is 1. The van der Waals surface area contributed by atoms with Crippen LogP contribution in [0.2, 0.25) is 0 Å². The topological polar surface area (TPSA) is 47.3 Å². The molecular formula is C16H19BrN2O2. The van der Waals surface area contributed by atoms with Crippen LogP contribution in [0, 0.1) is 6.92 Å². The zero-order chi connectivity index (χ0) is 15.0. The molecule has 2 heterocycles. The molecule has 0 bridgehead atoms. The van der Waals surface area contributed by atoms with Gasteiger partial charge in [-0.1, -0.05) is 24.3 Å². The summed E-state index contributed by atoms with van der Waals surface area (Å²) in [6.07, 6.45) is 0.569. The molecule has 0 aliphatic carbocycles. The third kappa shape index (κ3) is 2.78. The van der Waals surface area contributed by atoms with Crippen LogP contribution < -0.4 is 0 Å². The predicted octanol–water partition coefficient (Wildman–Crippen LogP) is 2.71. The minimum Gasteiger partial charge on any atom is -0.390 e. The van der Waals surface area contributed by atoms with E-state index in [-0.39, 0.29) is 6.10 Å². The van der Waals surface area contributed by atoms with Crippen LogP contribution in [-0.2, 0) is 24.6 Å². The molecule has 0 saturated heterocycles. The minimum absolute atomic E-state index is 0.267. The molecule has 1 aromatic heterocycles. The number of ether oxygens (including phenoxy) is 1. The number of aliphatic hydroxyl groups is 1. The van der Waals surface area contributed by atoms with E-state index < -0.39 is 6.10 Å². The molecule has 5 heteroatoms. The summed E-state index contributed by atoms with van der Waals surface area (Å²) in [5, 5.41) is 15.0. The van der Waals surface area contributed by atoms with Gasteiger partial charge in [0.1, 0.15) is 6.10 Å². The summed E-state index contributed by atoms with van der Waals surface area (Å²) in [4.78, 5) is 0. The number of benzene rings is 1. The van der Waals surface area contributed by atoms with Gasteiger partial charge in [-0.3, -0.25) is 4.68 Å². The average molecular weight is 351 g/mol. The van der Waals surface area contributed by atoms with E-state index in [4.69, 9.17) is 4.74 Å². The third-order valence-corrected chi connectivity index (χ3v) is 5.08. The number of hydrogen-bond donors (Lipinski definition) is 1. The second-order valence-electron chi connectivity index (χ2n) is 5.48. The van der Waals surface area contributed by atoms with E-state index in [1.807, 2.05) is 36.9 Å². The molecule has 0 amide bonds. The van der Waals surface area contributed by atoms with Crippen molar-refractivity contribution in [3.63, 3.8) is 0 Å². The van der Waals surface area contributed by atoms with Crippen LogP contribution in [0.25, 0.3) is 0 Å². The van der Waals surface area contributed by atoms with Gasteiger partial charge < -0.3 is 9.84 Å². The Morgan fingerprint density at radius 3 is 2.95 bits per heavy atom. The highest BCUT2D eigenvalue weighted by molar-refractivity contribution is 9.10. The van der Waals surface area contributed by atoms with Crippen molar-refractivity contribution in [2.45, 2.75) is 32.0 Å². The summed E-state index contributed by atoms with van der Waals surface area (Å²) in [5.41, 5.74) is 4.30. The molecule has 1 N–H and O–H groups in total. The number of fused-ring (bicyclic) bond motifs is 1. The van der Waals surface area contributed by atoms with Gasteiger partial charge in [-0.05, 0) is 40.4 Å². The monoisotopic (exact) mass is 350 g/mol. The Morgan fingerprint density at radius 1 is 1.48 bits per heavy atom. The fraction of sp³-hybridized carbons (Fsp3) is 0.438. The first kappa shape index (κ1) is 14.8. The van der Waals surface area contributed by atoms with Crippen molar-refractivity contribution in [3.8, 4) is 0 Å². The van der Waals surface area contributed by atoms with Gasteiger partial charge in [0.15, 0.2) is 0 Å². The smallest absolute Gasteiger partial charge is 0.109 e. The maximum absolute atomic E-state index is 10.6. The fourth-order valence-electron chi connectivity index (χ4n) is 2.95. The van der Waals surface area contributed by atoms with Crippen molar-refractivity contribution in [1.82, 2.24) is 9.78 Å². The van der Waals surface area contributed by atoms with Crippen LogP contribution in [0.5, 0.6) is 0 Å². The fourth-order valence-corrected chi connectivity index (χ4v) is 3.45. The highest BCUT2D eigenvalue weighted by atomic mass is 79.9. The Balaban J connectivity index is 1.85. The predicted molar refractivity (Wildman–Crippen MR) is 84.2 cm³/mol. The van der Waals surface area contributed by atoms with Crippen LogP contribution in [-0.4, -0.2) is 27.6 Å². The van der Waals surface area contributed by atoms with E-state index in [0.29, 0.717) is 13.0 Å². The number of hydrogen-bond acceptors (Lipinski definition) is 3. The average Bonchev–Trinajstić information content (AvgIpc) is 2.73. The van der Waals surface area contributed by atoms with E-state index in [2.05, 4.69) is 27.1 Å². The largest absolute Gasteiger partial charge is 0.390 e. The van der Waals surface area contributed by atoms with Gasteiger partial charge >= 0.3 is 0 Å². The Morgan fingerprint density at radius 2 is 2.24 bits per heavy atom. The standard InChI is InChI=1S/C16H19BrN2O2/c1-10-15(17)13(19(2)18-10)9-14(20)16-12-6-4-3-5-11(12)7-8-21-16/h3-6,14,16,20H,7-9H2,1-2H3. The summed E-state index contributed by atoms with van der Waals surface area (Å²) in [6.45, 7) is 2.61. The van der Waals surface area contributed by atoms with Crippen molar-refractivity contribution in [2.75, 3.05) is 6.61 Å². The zero-order valence-electron chi connectivity index (χ0n) is 12.2. The van der Waals surface area contributed by atoms with E-state index in [9.17, 15) is 5.11 Å². The van der Waals surface area contributed by atoms with Crippen LogP contribution in [0.4, 0.5) is 0 Å². The first-order valence-electron chi connectivity index (χ1n) is 7.13. The molecule has 2 aromatic rings. The van der Waals surface area contributed by atoms with Gasteiger partial charge in [0, 0.05) is 13.5 Å². The summed E-state index contributed by atoms with van der Waals surface area (Å²) in [5.74, 6) is 0. The van der Waals surface area contributed by atoms with Gasteiger partial charge in [-0.25, -0.2) is 0 Å². The van der Waals surface area contributed by atoms with Gasteiger partial charge in [-0.15, -0.1) is 0 Å². The Labute approximate surface area is 132 Å². The summed E-state index contributed by atoms with van der Waals surface area (Å²) >= 11 is 3.55. The Kier molecular flexibility index (Phi) is 4.15. The third-order valence-electron chi connectivity index (χ3n) is 4.04. The molecule has 0 spiro atoms. The first-order chi connectivity index (χ1) is 10.1. The zero-order valence-corrected chi connectivity index (χ0v) is 13.8. The molecule has 2 unspecified atom stereocenters. The number of nitrogens with zero attached hydrogens (tertiary/aromatic N) is 2.